The molecule has 1 aliphatic rings. The van der Waals surface area contributed by atoms with Gasteiger partial charge >= 0.3 is 0 Å². The topological polar surface area (TPSA) is 63.9 Å². The summed E-state index contributed by atoms with van der Waals surface area (Å²) in [4.78, 5) is 23.1. The molecule has 6 nitrogen and oxygen atoms in total. The van der Waals surface area contributed by atoms with Gasteiger partial charge in [0, 0.05) is 44.0 Å². The van der Waals surface area contributed by atoms with E-state index in [1.807, 2.05) is 7.05 Å². The molecule has 0 spiro atoms. The molecule has 25 heavy (non-hydrogen) atoms. The van der Waals surface area contributed by atoms with Gasteiger partial charge < -0.3 is 4.90 Å². The Morgan fingerprint density at radius 3 is 2.72 bits per heavy atom. The Kier molecular flexibility index (Phi) is 3.91. The highest BCUT2D eigenvalue weighted by atomic mass is 19.1. The first-order valence-electron chi connectivity index (χ1n) is 8.32. The number of hydrogen-bond acceptors (Lipinski definition) is 4. The molecule has 7 heteroatoms. The van der Waals surface area contributed by atoms with E-state index in [1.54, 1.807) is 34.1 Å². The predicted molar refractivity (Wildman–Crippen MR) is 90.6 cm³/mol. The van der Waals surface area contributed by atoms with E-state index in [0.29, 0.717) is 18.7 Å². The molecule has 3 heterocycles. The highest BCUT2D eigenvalue weighted by Gasteiger charge is 2.28. The van der Waals surface area contributed by atoms with Crippen LogP contribution in [0.2, 0.25) is 0 Å². The lowest BCUT2D eigenvalue weighted by molar-refractivity contribution is 0.0711. The maximum Gasteiger partial charge on any atom is 0.253 e. The van der Waals surface area contributed by atoms with E-state index in [0.717, 1.165) is 29.7 Å². The number of benzene rings is 1. The van der Waals surface area contributed by atoms with Crippen molar-refractivity contribution in [2.24, 2.45) is 7.05 Å². The van der Waals surface area contributed by atoms with Crippen LogP contribution in [0.1, 0.15) is 34.8 Å². The molecule has 1 saturated heterocycles. The maximum atomic E-state index is 13.3. The van der Waals surface area contributed by atoms with Crippen molar-refractivity contribution in [3.63, 3.8) is 0 Å². The summed E-state index contributed by atoms with van der Waals surface area (Å²) in [6, 6.07) is 5.85. The largest absolute Gasteiger partial charge is 0.339 e. The Labute approximate surface area is 144 Å². The molecular weight excluding hydrogens is 321 g/mol. The summed E-state index contributed by atoms with van der Waals surface area (Å²) in [5.41, 5.74) is 2.95. The summed E-state index contributed by atoms with van der Waals surface area (Å²) < 4.78 is 15.1. The van der Waals surface area contributed by atoms with Crippen LogP contribution in [0, 0.1) is 5.82 Å². The molecule has 0 unspecified atom stereocenters. The maximum absolute atomic E-state index is 13.3. The molecule has 0 aliphatic carbocycles. The van der Waals surface area contributed by atoms with E-state index >= 15 is 0 Å². The summed E-state index contributed by atoms with van der Waals surface area (Å²) in [5.74, 6) is -0.264. The fraction of sp³-hybridized carbons (Fsp3) is 0.333. The average molecular weight is 339 g/mol. The quantitative estimate of drug-likeness (QED) is 0.720. The molecule has 1 aliphatic heterocycles. The van der Waals surface area contributed by atoms with Gasteiger partial charge in [0.05, 0.1) is 5.69 Å². The van der Waals surface area contributed by atoms with Crippen molar-refractivity contribution in [3.05, 3.63) is 53.7 Å². The highest BCUT2D eigenvalue weighted by molar-refractivity contribution is 5.94. The second-order valence-corrected chi connectivity index (χ2v) is 6.31. The van der Waals surface area contributed by atoms with Gasteiger partial charge in [0.15, 0.2) is 5.65 Å². The first-order valence-corrected chi connectivity index (χ1v) is 8.32. The Hall–Kier alpha value is -2.83. The Morgan fingerprint density at radius 1 is 1.20 bits per heavy atom. The van der Waals surface area contributed by atoms with E-state index in [4.69, 9.17) is 0 Å². The third-order valence-electron chi connectivity index (χ3n) is 4.73. The minimum absolute atomic E-state index is 0.122. The number of rotatable bonds is 2. The van der Waals surface area contributed by atoms with Gasteiger partial charge in [0.1, 0.15) is 11.3 Å². The molecule has 1 fully saturated rings. The van der Waals surface area contributed by atoms with Gasteiger partial charge in [-0.05, 0) is 31.0 Å². The first kappa shape index (κ1) is 15.7. The Balaban J connectivity index is 1.50. The predicted octanol–water partition coefficient (Wildman–Crippen LogP) is 2.52. The summed E-state index contributed by atoms with van der Waals surface area (Å²) in [6.45, 7) is 1.25. The van der Waals surface area contributed by atoms with Crippen LogP contribution >= 0.6 is 0 Å². The number of fused-ring (bicyclic) bond motifs is 1. The van der Waals surface area contributed by atoms with Crippen LogP contribution in [-0.2, 0) is 7.05 Å². The second-order valence-electron chi connectivity index (χ2n) is 6.31. The zero-order valence-corrected chi connectivity index (χ0v) is 13.9. The van der Waals surface area contributed by atoms with Crippen LogP contribution in [-0.4, -0.2) is 43.6 Å². The summed E-state index contributed by atoms with van der Waals surface area (Å²) in [6.07, 6.45) is 4.96. The molecule has 0 N–H and O–H groups in total. The molecule has 1 aromatic carbocycles. The Morgan fingerprint density at radius 2 is 1.96 bits per heavy atom. The van der Waals surface area contributed by atoms with E-state index in [2.05, 4.69) is 15.1 Å². The van der Waals surface area contributed by atoms with Crippen molar-refractivity contribution < 1.29 is 9.18 Å². The molecular formula is C18H18FN5O. The fourth-order valence-corrected chi connectivity index (χ4v) is 3.44. The molecule has 0 atom stereocenters. The highest BCUT2D eigenvalue weighted by Crippen LogP contribution is 2.31. The Bertz CT molecular complexity index is 930. The molecule has 0 radical (unpaired) electrons. The van der Waals surface area contributed by atoms with E-state index in [-0.39, 0.29) is 17.6 Å². The molecule has 128 valence electrons. The van der Waals surface area contributed by atoms with Gasteiger partial charge in [-0.15, -0.1) is 0 Å². The van der Waals surface area contributed by atoms with Crippen molar-refractivity contribution >= 4 is 17.1 Å². The smallest absolute Gasteiger partial charge is 0.253 e. The van der Waals surface area contributed by atoms with Gasteiger partial charge in [-0.1, -0.05) is 6.07 Å². The number of aryl methyl sites for hydroxylation is 1. The van der Waals surface area contributed by atoms with Crippen LogP contribution in [0.15, 0.2) is 36.7 Å². The first-order chi connectivity index (χ1) is 12.1. The molecule has 0 bridgehead atoms. The van der Waals surface area contributed by atoms with Crippen molar-refractivity contribution in [1.82, 2.24) is 24.6 Å². The summed E-state index contributed by atoms with van der Waals surface area (Å²) >= 11 is 0. The van der Waals surface area contributed by atoms with Crippen molar-refractivity contribution in [3.8, 4) is 0 Å². The lowest BCUT2D eigenvalue weighted by atomic mass is 9.92. The van der Waals surface area contributed by atoms with Crippen LogP contribution in [0.25, 0.3) is 11.2 Å². The summed E-state index contributed by atoms with van der Waals surface area (Å²) in [7, 11) is 1.86. The second kappa shape index (κ2) is 6.23. The number of likely N-dealkylation sites (tertiary alicyclic amines) is 1. The van der Waals surface area contributed by atoms with Gasteiger partial charge in [0.2, 0.25) is 0 Å². The zero-order chi connectivity index (χ0) is 17.4. The number of hydrogen-bond donors (Lipinski definition) is 0. The van der Waals surface area contributed by atoms with Gasteiger partial charge in [-0.3, -0.25) is 4.79 Å². The van der Waals surface area contributed by atoms with Crippen LogP contribution in [0.3, 0.4) is 0 Å². The van der Waals surface area contributed by atoms with E-state index in [9.17, 15) is 9.18 Å². The van der Waals surface area contributed by atoms with Crippen LogP contribution in [0.5, 0.6) is 0 Å². The molecule has 4 rings (SSSR count). The van der Waals surface area contributed by atoms with Gasteiger partial charge in [-0.2, -0.15) is 5.10 Å². The van der Waals surface area contributed by atoms with Gasteiger partial charge in [0.25, 0.3) is 5.91 Å². The third-order valence-corrected chi connectivity index (χ3v) is 4.73. The van der Waals surface area contributed by atoms with Crippen molar-refractivity contribution in [2.75, 3.05) is 13.1 Å². The molecule has 2 aromatic heterocycles. The number of piperidine rings is 1. The van der Waals surface area contributed by atoms with Crippen LogP contribution in [0.4, 0.5) is 4.39 Å². The number of carbonyl (C=O) groups is 1. The number of amides is 1. The third kappa shape index (κ3) is 2.86. The standard InChI is InChI=1S/C18H18FN5O/c1-23-17-16(20-7-8-21-17)15(22-23)12-5-9-24(10-6-12)18(25)13-3-2-4-14(19)11-13/h2-4,7-8,11-12H,5-6,9-10H2,1H3. The number of aromatic nitrogens is 4. The average Bonchev–Trinajstić information content (AvgIpc) is 2.98. The SMILES string of the molecule is Cn1nc(C2CCN(C(=O)c3cccc(F)c3)CC2)c2nccnc21. The zero-order valence-electron chi connectivity index (χ0n) is 13.9. The fourth-order valence-electron chi connectivity index (χ4n) is 3.44. The minimum Gasteiger partial charge on any atom is -0.339 e. The minimum atomic E-state index is -0.390. The monoisotopic (exact) mass is 339 g/mol. The summed E-state index contributed by atoms with van der Waals surface area (Å²) in [5, 5.41) is 4.59. The van der Waals surface area contributed by atoms with Crippen molar-refractivity contribution in [1.29, 1.82) is 0 Å². The molecule has 3 aromatic rings. The normalized spacial score (nSPS) is 15.7. The number of halogens is 1. The lowest BCUT2D eigenvalue weighted by Crippen LogP contribution is -2.38. The number of carbonyl (C=O) groups excluding carboxylic acids is 1. The molecule has 1 amide bonds. The lowest BCUT2D eigenvalue weighted by Gasteiger charge is -2.31. The molecule has 0 saturated carbocycles. The van der Waals surface area contributed by atoms with E-state index in [1.165, 1.54) is 12.1 Å². The van der Waals surface area contributed by atoms with Crippen LogP contribution < -0.4 is 0 Å². The number of nitrogens with zero attached hydrogens (tertiary/aromatic N) is 5. The van der Waals surface area contributed by atoms with Crippen molar-refractivity contribution in [2.45, 2.75) is 18.8 Å². The van der Waals surface area contributed by atoms with E-state index < -0.39 is 0 Å². The van der Waals surface area contributed by atoms with Gasteiger partial charge in [-0.25, -0.2) is 19.0 Å².